The monoisotopic (exact) mass is 881 g/mol. The number of aliphatic carboxylic acids is 1. The summed E-state index contributed by atoms with van der Waals surface area (Å²) in [6, 6.07) is 9.21. The van der Waals surface area contributed by atoms with Crippen molar-refractivity contribution in [1.82, 2.24) is 42.2 Å². The minimum atomic E-state index is -1.72. The molecule has 61 heavy (non-hydrogen) atoms. The SMILES string of the molecule is CC(=O)NCCCC[C@@H]1NC(=O)CCSSC[C@@H](C(N)=O)NC(=O)[C@H](Cc2ccccc2)NC(=O)[C@H](Cc2c[nH]c3ccccc23)NC(=O)[C@H](CC(=O)O)NC(=O)CNC1=O. The Morgan fingerprint density at radius 2 is 1.41 bits per heavy atom. The zero-order chi connectivity index (χ0) is 44.3. The van der Waals surface area contributed by atoms with E-state index in [0.717, 1.165) is 10.9 Å². The minimum absolute atomic E-state index is 0.00390. The number of nitrogens with two attached hydrogens (primary N) is 1. The molecule has 1 aliphatic rings. The molecule has 2 heterocycles. The number of H-pyrrole nitrogens is 1. The maximum Gasteiger partial charge on any atom is 0.305 e. The Labute approximate surface area is 359 Å². The van der Waals surface area contributed by atoms with Crippen LogP contribution in [0.4, 0.5) is 0 Å². The number of benzene rings is 2. The molecule has 3 aromatic rings. The van der Waals surface area contributed by atoms with E-state index in [1.54, 1.807) is 54.7 Å². The number of carbonyl (C=O) groups is 9. The van der Waals surface area contributed by atoms with Gasteiger partial charge in [0.25, 0.3) is 0 Å². The quantitative estimate of drug-likeness (QED) is 0.0818. The number of rotatable bonds is 12. The first-order chi connectivity index (χ1) is 29.2. The van der Waals surface area contributed by atoms with Crippen LogP contribution >= 0.6 is 21.6 Å². The van der Waals surface area contributed by atoms with Crippen LogP contribution < -0.4 is 43.0 Å². The summed E-state index contributed by atoms with van der Waals surface area (Å²) in [5.74, 6) is -7.05. The number of para-hydroxylation sites is 1. The standard InChI is InChI=1S/C40H51N9O10S2/c1-23(50)42-15-8-7-13-28-37(56)44-21-34(52)46-31(19-35(53)54)40(59)48-30(18-25-20-43-27-12-6-5-11-26(25)27)39(58)47-29(17-24-9-3-2-4-10-24)38(57)49-32(36(41)55)22-61-60-16-14-33(51)45-28/h2-6,9-12,20,28-32,43H,7-8,13-19,21-22H2,1H3,(H2,41,55)(H,42,50)(H,44,56)(H,45,51)(H,46,52)(H,47,58)(H,48,59)(H,49,57)(H,53,54)/t28-,29-,30-,31-,32-/m0/s1. The van der Waals surface area contributed by atoms with Gasteiger partial charge in [-0.1, -0.05) is 70.1 Å². The first-order valence-electron chi connectivity index (χ1n) is 19.6. The fourth-order valence-corrected chi connectivity index (χ4v) is 8.47. The topological polar surface area (TPSA) is 300 Å². The van der Waals surface area contributed by atoms with Crippen molar-refractivity contribution in [3.8, 4) is 0 Å². The van der Waals surface area contributed by atoms with Crippen LogP contribution in [0.3, 0.4) is 0 Å². The number of amides is 8. The maximum absolute atomic E-state index is 14.3. The summed E-state index contributed by atoms with van der Waals surface area (Å²) in [7, 11) is 2.40. The average molecular weight is 882 g/mol. The maximum atomic E-state index is 14.3. The fourth-order valence-electron chi connectivity index (χ4n) is 6.30. The van der Waals surface area contributed by atoms with E-state index in [1.165, 1.54) is 28.5 Å². The highest BCUT2D eigenvalue weighted by molar-refractivity contribution is 8.76. The summed E-state index contributed by atoms with van der Waals surface area (Å²) in [4.78, 5) is 120. The van der Waals surface area contributed by atoms with E-state index in [4.69, 9.17) is 5.73 Å². The van der Waals surface area contributed by atoms with Gasteiger partial charge in [-0.05, 0) is 36.5 Å². The molecule has 0 spiro atoms. The van der Waals surface area contributed by atoms with E-state index in [9.17, 15) is 48.3 Å². The highest BCUT2D eigenvalue weighted by Gasteiger charge is 2.33. The lowest BCUT2D eigenvalue weighted by atomic mass is 10.0. The van der Waals surface area contributed by atoms with Gasteiger partial charge in [-0.2, -0.15) is 0 Å². The fraction of sp³-hybridized carbons (Fsp3) is 0.425. The van der Waals surface area contributed by atoms with Gasteiger partial charge in [0.15, 0.2) is 0 Å². The summed E-state index contributed by atoms with van der Waals surface area (Å²) in [6.07, 6.45) is 1.58. The van der Waals surface area contributed by atoms with Crippen LogP contribution in [0.5, 0.6) is 0 Å². The minimum Gasteiger partial charge on any atom is -0.481 e. The zero-order valence-corrected chi connectivity index (χ0v) is 35.1. The predicted octanol–water partition coefficient (Wildman–Crippen LogP) is -0.455. The van der Waals surface area contributed by atoms with Crippen molar-refractivity contribution in [3.63, 3.8) is 0 Å². The Bertz CT molecular complexity index is 2050. The van der Waals surface area contributed by atoms with Gasteiger partial charge in [0, 0.05) is 61.3 Å². The van der Waals surface area contributed by atoms with Crippen LogP contribution in [-0.4, -0.2) is 118 Å². The van der Waals surface area contributed by atoms with Crippen LogP contribution in [0.25, 0.3) is 10.9 Å². The Hall–Kier alpha value is -6.09. The van der Waals surface area contributed by atoms with Crippen LogP contribution in [0, 0.1) is 0 Å². The van der Waals surface area contributed by atoms with Gasteiger partial charge in [0.2, 0.25) is 47.3 Å². The number of unbranched alkanes of at least 4 members (excludes halogenated alkanes) is 1. The molecule has 0 bridgehead atoms. The normalized spacial score (nSPS) is 21.8. The van der Waals surface area contributed by atoms with E-state index in [0.29, 0.717) is 30.5 Å². The van der Waals surface area contributed by atoms with Gasteiger partial charge in [-0.3, -0.25) is 43.2 Å². The Morgan fingerprint density at radius 1 is 0.754 bits per heavy atom. The van der Waals surface area contributed by atoms with E-state index >= 15 is 0 Å². The second-order valence-electron chi connectivity index (χ2n) is 14.2. The lowest BCUT2D eigenvalue weighted by molar-refractivity contribution is -0.141. The summed E-state index contributed by atoms with van der Waals surface area (Å²) >= 11 is 0. The molecule has 0 unspecified atom stereocenters. The largest absolute Gasteiger partial charge is 0.481 e. The molecule has 8 amide bonds. The van der Waals surface area contributed by atoms with E-state index in [1.807, 2.05) is 6.07 Å². The molecule has 4 rings (SSSR count). The number of hydrogen-bond acceptors (Lipinski definition) is 11. The van der Waals surface area contributed by atoms with Crippen molar-refractivity contribution >= 4 is 85.7 Å². The molecule has 1 saturated heterocycles. The Balaban J connectivity index is 1.65. The van der Waals surface area contributed by atoms with Crippen molar-refractivity contribution in [2.24, 2.45) is 5.73 Å². The molecular weight excluding hydrogens is 831 g/mol. The smallest absolute Gasteiger partial charge is 0.305 e. The second kappa shape index (κ2) is 24.2. The van der Waals surface area contributed by atoms with Crippen molar-refractivity contribution in [1.29, 1.82) is 0 Å². The first-order valence-corrected chi connectivity index (χ1v) is 22.0. The number of primary amides is 1. The molecule has 1 fully saturated rings. The van der Waals surface area contributed by atoms with Crippen molar-refractivity contribution < 1.29 is 48.3 Å². The van der Waals surface area contributed by atoms with Crippen LogP contribution in [0.2, 0.25) is 0 Å². The molecule has 21 heteroatoms. The van der Waals surface area contributed by atoms with Crippen molar-refractivity contribution in [2.45, 2.75) is 82.1 Å². The molecule has 0 radical (unpaired) electrons. The molecule has 0 aliphatic carbocycles. The molecule has 2 aromatic carbocycles. The van der Waals surface area contributed by atoms with Crippen LogP contribution in [-0.2, 0) is 56.0 Å². The van der Waals surface area contributed by atoms with Gasteiger partial charge >= 0.3 is 5.97 Å². The number of hydrogen-bond donors (Lipinski definition) is 10. The first kappa shape index (κ1) is 47.6. The second-order valence-corrected chi connectivity index (χ2v) is 16.9. The Kier molecular flexibility index (Phi) is 18.9. The molecule has 328 valence electrons. The average Bonchev–Trinajstić information content (AvgIpc) is 3.63. The number of carboxylic acid groups (broad SMARTS) is 1. The van der Waals surface area contributed by atoms with Crippen molar-refractivity contribution in [3.05, 3.63) is 71.9 Å². The van der Waals surface area contributed by atoms with Gasteiger partial charge in [0.05, 0.1) is 13.0 Å². The highest BCUT2D eigenvalue weighted by atomic mass is 33.1. The van der Waals surface area contributed by atoms with Crippen LogP contribution in [0.1, 0.15) is 50.2 Å². The number of aromatic nitrogens is 1. The Morgan fingerprint density at radius 3 is 2.11 bits per heavy atom. The summed E-state index contributed by atoms with van der Waals surface area (Å²) in [5, 5.41) is 28.4. The van der Waals surface area contributed by atoms with Gasteiger partial charge in [-0.15, -0.1) is 0 Å². The number of fused-ring (bicyclic) bond motifs is 1. The van der Waals surface area contributed by atoms with E-state index in [2.05, 4.69) is 42.2 Å². The number of carboxylic acids is 1. The van der Waals surface area contributed by atoms with Gasteiger partial charge < -0.3 is 53.0 Å². The number of carbonyl (C=O) groups excluding carboxylic acids is 8. The van der Waals surface area contributed by atoms with Gasteiger partial charge in [-0.25, -0.2) is 0 Å². The molecule has 0 saturated carbocycles. The molecule has 1 aliphatic heterocycles. The van der Waals surface area contributed by atoms with Crippen LogP contribution in [0.15, 0.2) is 60.8 Å². The number of aromatic amines is 1. The van der Waals surface area contributed by atoms with Gasteiger partial charge in [0.1, 0.15) is 30.2 Å². The molecular formula is C40H51N9O10S2. The lowest BCUT2D eigenvalue weighted by Crippen LogP contribution is -2.59. The third-order valence-corrected chi connectivity index (χ3v) is 11.9. The van der Waals surface area contributed by atoms with E-state index in [-0.39, 0.29) is 43.1 Å². The molecule has 5 atom stereocenters. The molecule has 19 nitrogen and oxygen atoms in total. The van der Waals surface area contributed by atoms with E-state index < -0.39 is 90.5 Å². The summed E-state index contributed by atoms with van der Waals surface area (Å²) in [6.45, 7) is 1.01. The van der Waals surface area contributed by atoms with Crippen molar-refractivity contribution in [2.75, 3.05) is 24.6 Å². The molecule has 11 N–H and O–H groups in total. The highest BCUT2D eigenvalue weighted by Crippen LogP contribution is 2.23. The lowest BCUT2D eigenvalue weighted by Gasteiger charge is -2.26. The molecule has 1 aromatic heterocycles. The third-order valence-electron chi connectivity index (χ3n) is 9.44. The summed E-state index contributed by atoms with van der Waals surface area (Å²) in [5.41, 5.74) is 7.66. The summed E-state index contributed by atoms with van der Waals surface area (Å²) < 4.78 is 0. The number of nitrogens with one attached hydrogen (secondary N) is 8. The predicted molar refractivity (Wildman–Crippen MR) is 228 cm³/mol. The zero-order valence-electron chi connectivity index (χ0n) is 33.5. The third kappa shape index (κ3) is 16.1.